The number of benzene rings is 15. The fourth-order valence-electron chi connectivity index (χ4n) is 16.6. The van der Waals surface area contributed by atoms with Crippen molar-refractivity contribution < 1.29 is 13.6 Å². The molecule has 0 unspecified atom stereocenters. The van der Waals surface area contributed by atoms with Crippen molar-refractivity contribution in [1.29, 1.82) is 0 Å². The molecule has 0 saturated carbocycles. The molecule has 0 saturated heterocycles. The van der Waals surface area contributed by atoms with E-state index in [1.54, 1.807) is 0 Å². The number of furan rings is 2. The summed E-state index contributed by atoms with van der Waals surface area (Å²) in [6.45, 7) is 0. The third-order valence-corrected chi connectivity index (χ3v) is 20.4. The van der Waals surface area contributed by atoms with Gasteiger partial charge in [0.25, 0.3) is 0 Å². The third-order valence-electron chi connectivity index (χ3n) is 20.4. The highest BCUT2D eigenvalue weighted by Crippen LogP contribution is 2.66. The highest BCUT2D eigenvalue weighted by molar-refractivity contribution is 6.15. The third kappa shape index (κ3) is 6.95. The van der Waals surface area contributed by atoms with Crippen LogP contribution >= 0.6 is 0 Å². The molecule has 2 aromatic heterocycles. The SMILES string of the molecule is c1ccc(N2c3cc4c(cc3Oc3cc5c(cc32)-c2c(cc(-c3ccc6c(c3)oc3ccccc36)c3ccccc23)C5(c2ccccc2)c2ccccc2)C(c2ccccc2)(c2ccccc2)c2cc(-c3ccc5c(c3)oc3ccccc35)c3ccccc3c2-4)cc1. The number of fused-ring (bicyclic) bond motifs is 18. The van der Waals surface area contributed by atoms with Crippen molar-refractivity contribution in [3.05, 3.63) is 366 Å². The summed E-state index contributed by atoms with van der Waals surface area (Å²) in [7, 11) is 0. The van der Waals surface area contributed by atoms with Crippen LogP contribution in [0.25, 0.3) is 110 Å². The first kappa shape index (κ1) is 51.0. The van der Waals surface area contributed by atoms with E-state index in [0.29, 0.717) is 0 Å². The Hall–Kier alpha value is -12.0. The lowest BCUT2D eigenvalue weighted by Crippen LogP contribution is -2.29. The predicted molar refractivity (Wildman–Crippen MR) is 376 cm³/mol. The van der Waals surface area contributed by atoms with Gasteiger partial charge >= 0.3 is 0 Å². The van der Waals surface area contributed by atoms with E-state index >= 15 is 0 Å². The molecular formula is C88H53NO3. The molecule has 3 heterocycles. The highest BCUT2D eigenvalue weighted by atomic mass is 16.5. The summed E-state index contributed by atoms with van der Waals surface area (Å²) in [4.78, 5) is 2.46. The molecule has 15 aromatic carbocycles. The molecule has 0 N–H and O–H groups in total. The van der Waals surface area contributed by atoms with Crippen LogP contribution in [0.1, 0.15) is 44.5 Å². The van der Waals surface area contributed by atoms with Gasteiger partial charge in [0, 0.05) is 27.2 Å². The van der Waals surface area contributed by atoms with Crippen LogP contribution in [0.2, 0.25) is 0 Å². The molecule has 17 aromatic rings. The average molecular weight is 1170 g/mol. The molecule has 0 radical (unpaired) electrons. The van der Waals surface area contributed by atoms with Gasteiger partial charge in [0.1, 0.15) is 22.3 Å². The van der Waals surface area contributed by atoms with Crippen molar-refractivity contribution in [2.75, 3.05) is 4.90 Å². The minimum atomic E-state index is -0.783. The molecule has 0 atom stereocenters. The number of nitrogens with zero attached hydrogens (tertiary/aromatic N) is 1. The van der Waals surface area contributed by atoms with Crippen LogP contribution in [0.5, 0.6) is 11.5 Å². The number of rotatable bonds is 7. The van der Waals surface area contributed by atoms with Gasteiger partial charge in [0.15, 0.2) is 11.5 Å². The predicted octanol–water partition coefficient (Wildman–Crippen LogP) is 23.4. The van der Waals surface area contributed by atoms with Crippen LogP contribution in [0.15, 0.2) is 330 Å². The Labute approximate surface area is 530 Å². The van der Waals surface area contributed by atoms with E-state index in [9.17, 15) is 0 Å². The van der Waals surface area contributed by atoms with Crippen LogP contribution in [0.4, 0.5) is 17.1 Å². The summed E-state index contributed by atoms with van der Waals surface area (Å²) in [5.74, 6) is 1.55. The van der Waals surface area contributed by atoms with Gasteiger partial charge in [0.2, 0.25) is 0 Å². The smallest absolute Gasteiger partial charge is 0.151 e. The van der Waals surface area contributed by atoms with Crippen LogP contribution in [0, 0.1) is 0 Å². The monoisotopic (exact) mass is 1170 g/mol. The number of hydrogen-bond donors (Lipinski definition) is 0. The number of anilines is 3. The molecule has 0 fully saturated rings. The van der Waals surface area contributed by atoms with E-state index in [4.69, 9.17) is 13.6 Å². The average Bonchev–Trinajstić information content (AvgIpc) is 1.51. The fourth-order valence-corrected chi connectivity index (χ4v) is 16.6. The van der Waals surface area contributed by atoms with Crippen LogP contribution in [0.3, 0.4) is 0 Å². The first-order valence-corrected chi connectivity index (χ1v) is 31.7. The minimum absolute atomic E-state index is 0.776. The Morgan fingerprint density at radius 1 is 0.239 bits per heavy atom. The van der Waals surface area contributed by atoms with Gasteiger partial charge in [-0.15, -0.1) is 0 Å². The molecule has 3 aliphatic rings. The Morgan fingerprint density at radius 3 is 0.978 bits per heavy atom. The zero-order chi connectivity index (χ0) is 60.2. The van der Waals surface area contributed by atoms with Crippen molar-refractivity contribution in [1.82, 2.24) is 0 Å². The first-order valence-electron chi connectivity index (χ1n) is 31.7. The van der Waals surface area contributed by atoms with E-state index in [0.717, 1.165) is 117 Å². The molecule has 4 heteroatoms. The van der Waals surface area contributed by atoms with Gasteiger partial charge in [-0.1, -0.05) is 237 Å². The normalized spacial score (nSPS) is 13.9. The topological polar surface area (TPSA) is 38.8 Å². The van der Waals surface area contributed by atoms with Gasteiger partial charge in [-0.2, -0.15) is 0 Å². The van der Waals surface area contributed by atoms with E-state index in [1.807, 2.05) is 12.1 Å². The molecule has 92 heavy (non-hydrogen) atoms. The Morgan fingerprint density at radius 2 is 0.576 bits per heavy atom. The Bertz CT molecular complexity index is 5480. The van der Waals surface area contributed by atoms with Crippen molar-refractivity contribution in [2.45, 2.75) is 10.8 Å². The van der Waals surface area contributed by atoms with Crippen LogP contribution in [-0.4, -0.2) is 0 Å². The van der Waals surface area contributed by atoms with E-state index in [1.165, 1.54) is 66.1 Å². The summed E-state index contributed by atoms with van der Waals surface area (Å²) in [6, 6.07) is 118. The zero-order valence-corrected chi connectivity index (χ0v) is 49.8. The van der Waals surface area contributed by atoms with Gasteiger partial charge in [-0.25, -0.2) is 0 Å². The van der Waals surface area contributed by atoms with Crippen LogP contribution < -0.4 is 9.64 Å². The minimum Gasteiger partial charge on any atom is -0.456 e. The number of para-hydroxylation sites is 3. The van der Waals surface area contributed by atoms with Gasteiger partial charge in [0.05, 0.1) is 22.2 Å². The molecule has 1 aliphatic heterocycles. The second-order valence-electron chi connectivity index (χ2n) is 24.9. The van der Waals surface area contributed by atoms with E-state index in [2.05, 4.69) is 314 Å². The van der Waals surface area contributed by atoms with Gasteiger partial charge in [-0.3, -0.25) is 0 Å². The van der Waals surface area contributed by atoms with Gasteiger partial charge < -0.3 is 18.5 Å². The lowest BCUT2D eigenvalue weighted by molar-refractivity contribution is 0.474. The molecule has 20 rings (SSSR count). The standard InChI is InChI=1S/C88H53NO3/c1-6-24-56(25-7-1)87(57-26-8-2-9-27-57)73-52-83-77(50-71(73)85-67-38-18-16-34-61(67)69(48-75(85)87)54-42-44-65-63-36-20-22-40-79(63)90-81(65)46-54)89(60-32-14-5-15-33-60)78-51-72-74(53-84(78)92-83)88(58-28-10-3-11-29-58,59-30-12-4-13-31-59)76-49-70(62-35-17-19-39-68(62)86(72)76)55-43-45-66-64-37-21-23-41-80(64)91-82(66)47-55/h1-53H. The molecular weight excluding hydrogens is 1120 g/mol. The summed E-state index contributed by atoms with van der Waals surface area (Å²) >= 11 is 0. The van der Waals surface area contributed by atoms with Crippen molar-refractivity contribution in [3.8, 4) is 56.0 Å². The molecule has 2 aliphatic carbocycles. The maximum Gasteiger partial charge on any atom is 0.151 e. The largest absolute Gasteiger partial charge is 0.456 e. The second-order valence-corrected chi connectivity index (χ2v) is 24.9. The number of hydrogen-bond acceptors (Lipinski definition) is 4. The summed E-state index contributed by atoms with van der Waals surface area (Å²) in [5, 5.41) is 9.15. The van der Waals surface area contributed by atoms with Crippen molar-refractivity contribution in [2.24, 2.45) is 0 Å². The Balaban J connectivity index is 0.865. The molecule has 0 bridgehead atoms. The summed E-state index contributed by atoms with van der Waals surface area (Å²) in [6.07, 6.45) is 0. The highest BCUT2D eigenvalue weighted by Gasteiger charge is 2.51. The summed E-state index contributed by atoms with van der Waals surface area (Å²) < 4.78 is 21.1. The zero-order valence-electron chi connectivity index (χ0n) is 49.8. The van der Waals surface area contributed by atoms with Gasteiger partial charge in [-0.05, 0) is 195 Å². The first-order chi connectivity index (χ1) is 45.6. The van der Waals surface area contributed by atoms with Crippen molar-refractivity contribution >= 4 is 82.5 Å². The maximum atomic E-state index is 7.84. The molecule has 4 nitrogen and oxygen atoms in total. The lowest BCUT2D eigenvalue weighted by Gasteiger charge is -2.38. The lowest BCUT2D eigenvalue weighted by atomic mass is 9.67. The number of ether oxygens (including phenoxy) is 1. The van der Waals surface area contributed by atoms with Crippen LogP contribution in [-0.2, 0) is 10.8 Å². The molecule has 0 amide bonds. The molecule has 0 spiro atoms. The Kier molecular flexibility index (Phi) is 10.7. The molecule has 428 valence electrons. The van der Waals surface area contributed by atoms with E-state index < -0.39 is 10.8 Å². The second kappa shape index (κ2) is 19.3. The fraction of sp³-hybridized carbons (Fsp3) is 0.0227. The van der Waals surface area contributed by atoms with E-state index in [-0.39, 0.29) is 0 Å². The maximum absolute atomic E-state index is 7.84. The quantitative estimate of drug-likeness (QED) is 0.159. The summed E-state index contributed by atoms with van der Waals surface area (Å²) in [5.41, 5.74) is 23.6. The van der Waals surface area contributed by atoms with Crippen molar-refractivity contribution in [3.63, 3.8) is 0 Å².